The van der Waals surface area contributed by atoms with Gasteiger partial charge in [0.25, 0.3) is 0 Å². The molecule has 1 aliphatic rings. The fourth-order valence-corrected chi connectivity index (χ4v) is 3.58. The second kappa shape index (κ2) is 4.66. The lowest BCUT2D eigenvalue weighted by Crippen LogP contribution is -1.99. The second-order valence-electron chi connectivity index (χ2n) is 3.64. The minimum atomic E-state index is -3.60. The highest BCUT2D eigenvalue weighted by atomic mass is 79.9. The topological polar surface area (TPSA) is 52.6 Å². The van der Waals surface area contributed by atoms with Gasteiger partial charge in [-0.05, 0) is 11.6 Å². The maximum absolute atomic E-state index is 11.1. The summed E-state index contributed by atoms with van der Waals surface area (Å²) >= 11 is 3.39. The van der Waals surface area contributed by atoms with Crippen LogP contribution in [0, 0.1) is 0 Å². The van der Waals surface area contributed by atoms with Crippen molar-refractivity contribution in [3.63, 3.8) is 0 Å². The van der Waals surface area contributed by atoms with E-state index in [0.717, 1.165) is 16.5 Å². The Morgan fingerprint density at radius 1 is 1.59 bits per heavy atom. The van der Waals surface area contributed by atoms with Crippen molar-refractivity contribution in [2.75, 3.05) is 13.7 Å². The molecular weight excluding hydrogens is 332 g/mol. The maximum atomic E-state index is 11.1. The Morgan fingerprint density at radius 2 is 2.29 bits per heavy atom. The Kier molecular flexibility index (Phi) is 3.56. The van der Waals surface area contributed by atoms with Crippen LogP contribution >= 0.6 is 26.6 Å². The van der Waals surface area contributed by atoms with Gasteiger partial charge in [-0.1, -0.05) is 15.9 Å². The van der Waals surface area contributed by atoms with Gasteiger partial charge >= 0.3 is 0 Å². The van der Waals surface area contributed by atoms with Crippen LogP contribution in [0.2, 0.25) is 0 Å². The molecule has 7 heteroatoms. The summed E-state index contributed by atoms with van der Waals surface area (Å²) in [5.41, 5.74) is 1.51. The van der Waals surface area contributed by atoms with Crippen LogP contribution in [-0.2, 0) is 21.2 Å². The van der Waals surface area contributed by atoms with Crippen molar-refractivity contribution in [3.05, 3.63) is 21.7 Å². The Balaban J connectivity index is 2.54. The molecule has 0 radical (unpaired) electrons. The maximum Gasteiger partial charge on any atom is 0.236 e. The van der Waals surface area contributed by atoms with Crippen molar-refractivity contribution in [2.24, 2.45) is 0 Å². The van der Waals surface area contributed by atoms with Gasteiger partial charge in [-0.25, -0.2) is 8.42 Å². The molecule has 0 bridgehead atoms. The number of fused-ring (bicyclic) bond motifs is 1. The summed E-state index contributed by atoms with van der Waals surface area (Å²) in [6.45, 7) is 0.571. The van der Waals surface area contributed by atoms with E-state index in [1.165, 1.54) is 7.11 Å². The van der Waals surface area contributed by atoms with E-state index in [2.05, 4.69) is 15.9 Å². The van der Waals surface area contributed by atoms with E-state index in [1.54, 1.807) is 6.07 Å². The molecule has 0 N–H and O–H groups in total. The first-order valence-electron chi connectivity index (χ1n) is 4.85. The van der Waals surface area contributed by atoms with E-state index in [-0.39, 0.29) is 5.75 Å². The normalized spacial score (nSPS) is 14.3. The number of rotatable bonds is 3. The van der Waals surface area contributed by atoms with Crippen molar-refractivity contribution in [1.82, 2.24) is 0 Å². The van der Waals surface area contributed by atoms with Gasteiger partial charge in [0, 0.05) is 27.1 Å². The summed E-state index contributed by atoms with van der Waals surface area (Å²) in [4.78, 5) is 0. The van der Waals surface area contributed by atoms with Gasteiger partial charge < -0.3 is 9.47 Å². The average Bonchev–Trinajstić information content (AvgIpc) is 2.69. The summed E-state index contributed by atoms with van der Waals surface area (Å²) in [6.07, 6.45) is 0.725. The number of hydrogen-bond acceptors (Lipinski definition) is 4. The zero-order valence-electron chi connectivity index (χ0n) is 9.00. The molecule has 4 nitrogen and oxygen atoms in total. The fraction of sp³-hybridized carbons (Fsp3) is 0.400. The lowest BCUT2D eigenvalue weighted by molar-refractivity contribution is 0.326. The van der Waals surface area contributed by atoms with Crippen LogP contribution in [0.25, 0.3) is 0 Å². The highest BCUT2D eigenvalue weighted by Gasteiger charge is 2.24. The molecule has 1 aromatic rings. The lowest BCUT2D eigenvalue weighted by atomic mass is 10.1. The summed E-state index contributed by atoms with van der Waals surface area (Å²) < 4.78 is 33.6. The van der Waals surface area contributed by atoms with Crippen LogP contribution in [-0.4, -0.2) is 22.1 Å². The highest BCUT2D eigenvalue weighted by Crippen LogP contribution is 2.42. The molecule has 17 heavy (non-hydrogen) atoms. The smallest absolute Gasteiger partial charge is 0.236 e. The highest BCUT2D eigenvalue weighted by molar-refractivity contribution is 9.10. The Hall–Kier alpha value is -0.460. The molecule has 0 amide bonds. The van der Waals surface area contributed by atoms with Crippen LogP contribution in [0.3, 0.4) is 0 Å². The van der Waals surface area contributed by atoms with Crippen LogP contribution in [0.1, 0.15) is 11.1 Å². The van der Waals surface area contributed by atoms with E-state index >= 15 is 0 Å². The molecule has 0 aromatic heterocycles. The number of benzene rings is 1. The Bertz CT molecular complexity index is 556. The Morgan fingerprint density at radius 3 is 2.88 bits per heavy atom. The number of halogens is 2. The molecule has 2 rings (SSSR count). The van der Waals surface area contributed by atoms with E-state index in [9.17, 15) is 8.42 Å². The summed E-state index contributed by atoms with van der Waals surface area (Å²) in [5, 5.41) is 0. The van der Waals surface area contributed by atoms with Crippen molar-refractivity contribution < 1.29 is 17.9 Å². The number of ether oxygens (including phenoxy) is 2. The summed E-state index contributed by atoms with van der Waals surface area (Å²) in [5.74, 6) is 0.977. The Labute approximate surface area is 112 Å². The summed E-state index contributed by atoms with van der Waals surface area (Å²) in [7, 11) is 3.19. The largest absolute Gasteiger partial charge is 0.493 e. The second-order valence-corrected chi connectivity index (χ2v) is 7.21. The lowest BCUT2D eigenvalue weighted by Gasteiger charge is -2.11. The van der Waals surface area contributed by atoms with E-state index in [0.29, 0.717) is 23.7 Å². The van der Waals surface area contributed by atoms with Gasteiger partial charge in [0.05, 0.1) is 19.5 Å². The van der Waals surface area contributed by atoms with Gasteiger partial charge in [0.2, 0.25) is 9.05 Å². The molecule has 1 aliphatic heterocycles. The third kappa shape index (κ3) is 2.69. The molecule has 0 atom stereocenters. The molecule has 0 aliphatic carbocycles. The van der Waals surface area contributed by atoms with Gasteiger partial charge in [-0.3, -0.25) is 0 Å². The first kappa shape index (κ1) is 13.0. The molecule has 0 fully saturated rings. The van der Waals surface area contributed by atoms with Crippen LogP contribution in [0.15, 0.2) is 10.5 Å². The van der Waals surface area contributed by atoms with Crippen molar-refractivity contribution in [1.29, 1.82) is 0 Å². The summed E-state index contributed by atoms with van der Waals surface area (Å²) in [6, 6.07) is 1.63. The molecule has 1 aromatic carbocycles. The third-order valence-corrected chi connectivity index (χ3v) is 4.47. The minimum Gasteiger partial charge on any atom is -0.493 e. The number of hydrogen-bond donors (Lipinski definition) is 0. The zero-order valence-corrected chi connectivity index (χ0v) is 12.2. The minimum absolute atomic E-state index is 0.237. The molecule has 0 unspecified atom stereocenters. The van der Waals surface area contributed by atoms with E-state index < -0.39 is 9.05 Å². The average molecular weight is 342 g/mol. The first-order chi connectivity index (χ1) is 7.92. The molecular formula is C10H10BrClO4S. The molecule has 0 saturated carbocycles. The van der Waals surface area contributed by atoms with Gasteiger partial charge in [0.15, 0.2) is 11.5 Å². The predicted octanol–water partition coefficient (Wildman–Crippen LogP) is 2.46. The SMILES string of the molecule is COc1cc(CS(=O)(=O)Cl)c(Br)c2c1OCC2. The fourth-order valence-electron chi connectivity index (χ4n) is 1.81. The van der Waals surface area contributed by atoms with Crippen LogP contribution < -0.4 is 9.47 Å². The molecule has 94 valence electrons. The third-order valence-electron chi connectivity index (χ3n) is 2.50. The van der Waals surface area contributed by atoms with E-state index in [4.69, 9.17) is 20.2 Å². The standard InChI is InChI=1S/C10H10BrClO4S/c1-15-8-4-6(5-17(12,13)14)9(11)7-2-3-16-10(7)8/h4H,2-3,5H2,1H3. The molecule has 0 saturated heterocycles. The van der Waals surface area contributed by atoms with Crippen molar-refractivity contribution in [2.45, 2.75) is 12.2 Å². The van der Waals surface area contributed by atoms with Crippen molar-refractivity contribution in [3.8, 4) is 11.5 Å². The molecule has 1 heterocycles. The quantitative estimate of drug-likeness (QED) is 0.793. The zero-order chi connectivity index (χ0) is 12.6. The van der Waals surface area contributed by atoms with Crippen LogP contribution in [0.4, 0.5) is 0 Å². The molecule has 0 spiro atoms. The monoisotopic (exact) mass is 340 g/mol. The van der Waals surface area contributed by atoms with Gasteiger partial charge in [0.1, 0.15) is 0 Å². The van der Waals surface area contributed by atoms with E-state index in [1.807, 2.05) is 0 Å². The van der Waals surface area contributed by atoms with Crippen molar-refractivity contribution >= 4 is 35.7 Å². The first-order valence-corrected chi connectivity index (χ1v) is 8.13. The van der Waals surface area contributed by atoms with Gasteiger partial charge in [-0.2, -0.15) is 0 Å². The van der Waals surface area contributed by atoms with Crippen LogP contribution in [0.5, 0.6) is 11.5 Å². The number of methoxy groups -OCH3 is 1. The predicted molar refractivity (Wildman–Crippen MR) is 68.4 cm³/mol. The van der Waals surface area contributed by atoms with Gasteiger partial charge in [-0.15, -0.1) is 0 Å².